The van der Waals surface area contributed by atoms with E-state index in [1.807, 2.05) is 32.0 Å². The van der Waals surface area contributed by atoms with E-state index in [0.29, 0.717) is 13.2 Å². The van der Waals surface area contributed by atoms with Gasteiger partial charge in [0.15, 0.2) is 17.3 Å². The second kappa shape index (κ2) is 5.63. The van der Waals surface area contributed by atoms with Crippen LogP contribution >= 0.6 is 0 Å². The lowest BCUT2D eigenvalue weighted by atomic mass is 10.1. The largest absolute Gasteiger partial charge is 0.493 e. The maximum Gasteiger partial charge on any atom is 0.163 e. The summed E-state index contributed by atoms with van der Waals surface area (Å²) < 4.78 is 21.7. The van der Waals surface area contributed by atoms with E-state index in [9.17, 15) is 0 Å². The number of rotatable bonds is 3. The number of ether oxygens (including phenoxy) is 4. The van der Waals surface area contributed by atoms with Crippen molar-refractivity contribution in [2.45, 2.75) is 19.6 Å². The summed E-state index contributed by atoms with van der Waals surface area (Å²) in [6, 6.07) is 5.80. The minimum absolute atomic E-state index is 0.491. The molecule has 0 aromatic heterocycles. The summed E-state index contributed by atoms with van der Waals surface area (Å²) in [5, 5.41) is 0. The molecule has 1 aliphatic rings. The van der Waals surface area contributed by atoms with Gasteiger partial charge in [-0.05, 0) is 37.1 Å². The van der Waals surface area contributed by atoms with Crippen molar-refractivity contribution in [1.29, 1.82) is 0 Å². The summed E-state index contributed by atoms with van der Waals surface area (Å²) in [5.74, 6) is 0.950. The van der Waals surface area contributed by atoms with Gasteiger partial charge in [0.25, 0.3) is 0 Å². The Kier molecular flexibility index (Phi) is 4.12. The fraction of sp³-hybridized carbons (Fsp3) is 0.467. The van der Waals surface area contributed by atoms with E-state index in [4.69, 9.17) is 18.9 Å². The summed E-state index contributed by atoms with van der Waals surface area (Å²) in [6.07, 6.45) is 2.05. The van der Waals surface area contributed by atoms with Crippen LogP contribution in [0.1, 0.15) is 19.4 Å². The van der Waals surface area contributed by atoms with Crippen LogP contribution in [-0.4, -0.2) is 33.2 Å². The molecule has 19 heavy (non-hydrogen) atoms. The Morgan fingerprint density at radius 1 is 1.05 bits per heavy atom. The highest BCUT2D eigenvalue weighted by molar-refractivity contribution is 5.58. The van der Waals surface area contributed by atoms with Crippen molar-refractivity contribution in [1.82, 2.24) is 0 Å². The topological polar surface area (TPSA) is 36.9 Å². The Hall–Kier alpha value is -1.52. The van der Waals surface area contributed by atoms with E-state index < -0.39 is 5.79 Å². The van der Waals surface area contributed by atoms with E-state index in [0.717, 1.165) is 22.6 Å². The quantitative estimate of drug-likeness (QED) is 0.841. The van der Waals surface area contributed by atoms with Crippen LogP contribution in [0.4, 0.5) is 0 Å². The normalized spacial score (nSPS) is 18.0. The van der Waals surface area contributed by atoms with Crippen LogP contribution in [0.15, 0.2) is 23.8 Å². The van der Waals surface area contributed by atoms with Gasteiger partial charge in [-0.2, -0.15) is 0 Å². The fourth-order valence-electron chi connectivity index (χ4n) is 1.88. The van der Waals surface area contributed by atoms with Crippen LogP contribution < -0.4 is 9.47 Å². The molecule has 0 amide bonds. The molecule has 0 saturated carbocycles. The zero-order valence-corrected chi connectivity index (χ0v) is 11.9. The van der Waals surface area contributed by atoms with Crippen LogP contribution in [0.2, 0.25) is 0 Å². The first-order valence-corrected chi connectivity index (χ1v) is 6.23. The van der Waals surface area contributed by atoms with Gasteiger partial charge in [0.2, 0.25) is 0 Å². The summed E-state index contributed by atoms with van der Waals surface area (Å²) >= 11 is 0. The molecule has 104 valence electrons. The van der Waals surface area contributed by atoms with Gasteiger partial charge >= 0.3 is 0 Å². The Bertz CT molecular complexity index is 465. The van der Waals surface area contributed by atoms with Crippen LogP contribution in [0, 0.1) is 0 Å². The molecule has 1 heterocycles. The van der Waals surface area contributed by atoms with Crippen molar-refractivity contribution in [3.05, 3.63) is 29.3 Å². The van der Waals surface area contributed by atoms with Crippen LogP contribution in [-0.2, 0) is 9.47 Å². The Morgan fingerprint density at radius 2 is 1.68 bits per heavy atom. The third-order valence-corrected chi connectivity index (χ3v) is 2.99. The number of benzene rings is 1. The first-order valence-electron chi connectivity index (χ1n) is 6.23. The molecule has 0 unspecified atom stereocenters. The second-order valence-electron chi connectivity index (χ2n) is 4.89. The van der Waals surface area contributed by atoms with Gasteiger partial charge in [-0.25, -0.2) is 0 Å². The Balaban J connectivity index is 2.15. The molecule has 0 atom stereocenters. The molecule has 4 heteroatoms. The van der Waals surface area contributed by atoms with E-state index in [2.05, 4.69) is 6.08 Å². The number of hydrogen-bond acceptors (Lipinski definition) is 4. The first-order chi connectivity index (χ1) is 9.04. The highest BCUT2D eigenvalue weighted by Gasteiger charge is 2.24. The first kappa shape index (κ1) is 13.9. The molecule has 1 aromatic rings. The molecule has 1 saturated heterocycles. The van der Waals surface area contributed by atoms with Gasteiger partial charge in [-0.1, -0.05) is 12.1 Å². The average molecular weight is 264 g/mol. The lowest BCUT2D eigenvalue weighted by Crippen LogP contribution is -2.35. The zero-order chi connectivity index (χ0) is 13.9. The van der Waals surface area contributed by atoms with Gasteiger partial charge in [0, 0.05) is 0 Å². The van der Waals surface area contributed by atoms with Gasteiger partial charge in [-0.15, -0.1) is 0 Å². The predicted octanol–water partition coefficient (Wildman–Crippen LogP) is 2.87. The molecular weight excluding hydrogens is 244 g/mol. The number of hydrogen-bond donors (Lipinski definition) is 0. The monoisotopic (exact) mass is 264 g/mol. The highest BCUT2D eigenvalue weighted by atomic mass is 16.7. The molecule has 1 fully saturated rings. The van der Waals surface area contributed by atoms with Crippen molar-refractivity contribution in [2.75, 3.05) is 27.4 Å². The molecule has 2 rings (SSSR count). The molecular formula is C15H20O4. The summed E-state index contributed by atoms with van der Waals surface area (Å²) in [6.45, 7) is 5.00. The van der Waals surface area contributed by atoms with Gasteiger partial charge in [0.1, 0.15) is 0 Å². The summed E-state index contributed by atoms with van der Waals surface area (Å²) in [7, 11) is 3.25. The third kappa shape index (κ3) is 3.49. The third-order valence-electron chi connectivity index (χ3n) is 2.99. The molecule has 4 nitrogen and oxygen atoms in total. The fourth-order valence-corrected chi connectivity index (χ4v) is 1.88. The maximum absolute atomic E-state index is 5.61. The SMILES string of the molecule is COc1ccc(C=C2COC(C)(C)OC2)cc1OC. The van der Waals surface area contributed by atoms with Gasteiger partial charge in [0.05, 0.1) is 27.4 Å². The maximum atomic E-state index is 5.61. The molecule has 1 aromatic carbocycles. The van der Waals surface area contributed by atoms with Crippen molar-refractivity contribution in [3.63, 3.8) is 0 Å². The molecule has 0 N–H and O–H groups in total. The lowest BCUT2D eigenvalue weighted by molar-refractivity contribution is -0.225. The van der Waals surface area contributed by atoms with Crippen LogP contribution in [0.3, 0.4) is 0 Å². The molecule has 0 radical (unpaired) electrons. The highest BCUT2D eigenvalue weighted by Crippen LogP contribution is 2.29. The van der Waals surface area contributed by atoms with E-state index in [-0.39, 0.29) is 0 Å². The van der Waals surface area contributed by atoms with Gasteiger partial charge < -0.3 is 18.9 Å². The van der Waals surface area contributed by atoms with E-state index >= 15 is 0 Å². The van der Waals surface area contributed by atoms with Gasteiger partial charge in [-0.3, -0.25) is 0 Å². The second-order valence-corrected chi connectivity index (χ2v) is 4.89. The minimum atomic E-state index is -0.491. The van der Waals surface area contributed by atoms with Crippen LogP contribution in [0.5, 0.6) is 11.5 Å². The summed E-state index contributed by atoms with van der Waals surface area (Å²) in [5.41, 5.74) is 2.14. The standard InChI is InChI=1S/C15H20O4/c1-15(2)18-9-12(10-19-15)7-11-5-6-13(16-3)14(8-11)17-4/h5-8H,9-10H2,1-4H3. The lowest BCUT2D eigenvalue weighted by Gasteiger charge is -2.31. The van der Waals surface area contributed by atoms with Crippen molar-refractivity contribution in [3.8, 4) is 11.5 Å². The van der Waals surface area contributed by atoms with Crippen molar-refractivity contribution < 1.29 is 18.9 Å². The van der Waals surface area contributed by atoms with Crippen LogP contribution in [0.25, 0.3) is 6.08 Å². The van der Waals surface area contributed by atoms with Crippen molar-refractivity contribution in [2.24, 2.45) is 0 Å². The van der Waals surface area contributed by atoms with E-state index in [1.54, 1.807) is 14.2 Å². The smallest absolute Gasteiger partial charge is 0.163 e. The molecule has 0 aliphatic carbocycles. The van der Waals surface area contributed by atoms with E-state index in [1.165, 1.54) is 0 Å². The Morgan fingerprint density at radius 3 is 2.26 bits per heavy atom. The van der Waals surface area contributed by atoms with Crippen molar-refractivity contribution >= 4 is 6.08 Å². The summed E-state index contributed by atoms with van der Waals surface area (Å²) in [4.78, 5) is 0. The predicted molar refractivity (Wildman–Crippen MR) is 73.5 cm³/mol. The average Bonchev–Trinajstić information content (AvgIpc) is 2.41. The molecule has 1 aliphatic heterocycles. The zero-order valence-electron chi connectivity index (χ0n) is 11.9. The molecule has 0 spiro atoms. The number of methoxy groups -OCH3 is 2. The minimum Gasteiger partial charge on any atom is -0.493 e. The Labute approximate surface area is 113 Å². The molecule has 0 bridgehead atoms.